The van der Waals surface area contributed by atoms with Crippen LogP contribution >= 0.6 is 0 Å². The van der Waals surface area contributed by atoms with Gasteiger partial charge in [-0.25, -0.2) is 8.78 Å². The van der Waals surface area contributed by atoms with Crippen LogP contribution in [0.5, 0.6) is 11.5 Å². The average molecular weight is 295 g/mol. The van der Waals surface area contributed by atoms with E-state index in [0.29, 0.717) is 29.2 Å². The van der Waals surface area contributed by atoms with Crippen LogP contribution in [0.2, 0.25) is 0 Å². The molecular formula is C15H19F2N3O. The summed E-state index contributed by atoms with van der Waals surface area (Å²) >= 11 is 0. The Balaban J connectivity index is 2.32. The van der Waals surface area contributed by atoms with Gasteiger partial charge in [0.05, 0.1) is 5.69 Å². The zero-order chi connectivity index (χ0) is 15.6. The second-order valence-corrected chi connectivity index (χ2v) is 4.89. The first-order valence-corrected chi connectivity index (χ1v) is 6.80. The molecule has 1 aromatic heterocycles. The summed E-state index contributed by atoms with van der Waals surface area (Å²) in [5, 5.41) is 7.18. The lowest BCUT2D eigenvalue weighted by molar-refractivity contribution is 0.401. The van der Waals surface area contributed by atoms with E-state index in [1.807, 2.05) is 6.92 Å². The molecule has 114 valence electrons. The van der Waals surface area contributed by atoms with Crippen LogP contribution in [0, 0.1) is 25.5 Å². The van der Waals surface area contributed by atoms with E-state index in [1.165, 1.54) is 12.1 Å². The Morgan fingerprint density at radius 1 is 1.19 bits per heavy atom. The third-order valence-electron chi connectivity index (χ3n) is 3.28. The number of benzene rings is 1. The van der Waals surface area contributed by atoms with Gasteiger partial charge < -0.3 is 10.1 Å². The fourth-order valence-corrected chi connectivity index (χ4v) is 2.09. The lowest BCUT2D eigenvalue weighted by Crippen LogP contribution is -2.12. The summed E-state index contributed by atoms with van der Waals surface area (Å²) in [5.74, 6) is -1.44. The summed E-state index contributed by atoms with van der Waals surface area (Å²) in [6.07, 6.45) is 0. The van der Waals surface area contributed by atoms with Crippen molar-refractivity contribution in [2.75, 3.05) is 6.54 Å². The Kier molecular flexibility index (Phi) is 4.57. The number of ether oxygens (including phenoxy) is 1. The van der Waals surface area contributed by atoms with Crippen molar-refractivity contribution in [3.8, 4) is 11.5 Å². The first-order valence-electron chi connectivity index (χ1n) is 6.80. The van der Waals surface area contributed by atoms with Crippen molar-refractivity contribution >= 4 is 0 Å². The van der Waals surface area contributed by atoms with Crippen LogP contribution in [0.4, 0.5) is 8.78 Å². The number of hydrogen-bond donors (Lipinski definition) is 1. The normalized spacial score (nSPS) is 11.0. The third-order valence-corrected chi connectivity index (χ3v) is 3.28. The van der Waals surface area contributed by atoms with Crippen LogP contribution in [0.3, 0.4) is 0 Å². The largest absolute Gasteiger partial charge is 0.447 e. The summed E-state index contributed by atoms with van der Waals surface area (Å²) in [4.78, 5) is 0. The molecular weight excluding hydrogens is 276 g/mol. The standard InChI is InChI=1S/C15H19F2N3O/c1-5-18-8-11-6-12(16)15(13(17)7-11)21-14-9(2)19-20(4)10(14)3/h6-7,18H,5,8H2,1-4H3. The zero-order valence-electron chi connectivity index (χ0n) is 12.6. The number of halogens is 2. The Bertz CT molecular complexity index is 630. The molecule has 0 unspecified atom stereocenters. The molecule has 0 aliphatic carbocycles. The molecule has 0 radical (unpaired) electrons. The molecule has 0 aliphatic heterocycles. The second kappa shape index (κ2) is 6.22. The SMILES string of the molecule is CCNCc1cc(F)c(Oc2c(C)nn(C)c2C)c(F)c1. The average Bonchev–Trinajstić information content (AvgIpc) is 2.66. The van der Waals surface area contributed by atoms with E-state index >= 15 is 0 Å². The van der Waals surface area contributed by atoms with E-state index in [9.17, 15) is 8.78 Å². The fourth-order valence-electron chi connectivity index (χ4n) is 2.09. The van der Waals surface area contributed by atoms with E-state index in [2.05, 4.69) is 10.4 Å². The molecule has 4 nitrogen and oxygen atoms in total. The van der Waals surface area contributed by atoms with E-state index in [-0.39, 0.29) is 0 Å². The van der Waals surface area contributed by atoms with Gasteiger partial charge in [-0.15, -0.1) is 0 Å². The number of nitrogens with one attached hydrogen (secondary N) is 1. The van der Waals surface area contributed by atoms with Crippen LogP contribution in [0.25, 0.3) is 0 Å². The lowest BCUT2D eigenvalue weighted by atomic mass is 10.2. The molecule has 0 spiro atoms. The highest BCUT2D eigenvalue weighted by Gasteiger charge is 2.18. The van der Waals surface area contributed by atoms with Gasteiger partial charge >= 0.3 is 0 Å². The molecule has 0 amide bonds. The van der Waals surface area contributed by atoms with Crippen molar-refractivity contribution in [2.45, 2.75) is 27.3 Å². The Hall–Kier alpha value is -1.95. The molecule has 0 aliphatic rings. The van der Waals surface area contributed by atoms with E-state index in [4.69, 9.17) is 4.74 Å². The highest BCUT2D eigenvalue weighted by atomic mass is 19.1. The van der Waals surface area contributed by atoms with Gasteiger partial charge in [0, 0.05) is 13.6 Å². The van der Waals surface area contributed by atoms with Gasteiger partial charge in [0.1, 0.15) is 5.69 Å². The predicted octanol–water partition coefficient (Wildman–Crippen LogP) is 3.22. The smallest absolute Gasteiger partial charge is 0.198 e. The second-order valence-electron chi connectivity index (χ2n) is 4.89. The summed E-state index contributed by atoms with van der Waals surface area (Å²) in [6.45, 7) is 6.59. The van der Waals surface area contributed by atoms with Crippen molar-refractivity contribution < 1.29 is 13.5 Å². The van der Waals surface area contributed by atoms with Crippen molar-refractivity contribution in [1.82, 2.24) is 15.1 Å². The number of nitrogens with zero attached hydrogens (tertiary/aromatic N) is 2. The Labute approximate surface area is 122 Å². The minimum Gasteiger partial charge on any atom is -0.447 e. The highest BCUT2D eigenvalue weighted by Crippen LogP contribution is 2.32. The lowest BCUT2D eigenvalue weighted by Gasteiger charge is -2.10. The summed E-state index contributed by atoms with van der Waals surface area (Å²) < 4.78 is 35.2. The van der Waals surface area contributed by atoms with Crippen LogP contribution in [0.1, 0.15) is 23.9 Å². The maximum Gasteiger partial charge on any atom is 0.198 e. The molecule has 0 saturated carbocycles. The monoisotopic (exact) mass is 295 g/mol. The topological polar surface area (TPSA) is 39.1 Å². The third kappa shape index (κ3) is 3.21. The molecule has 0 saturated heterocycles. The summed E-state index contributed by atoms with van der Waals surface area (Å²) in [7, 11) is 1.75. The van der Waals surface area contributed by atoms with Crippen molar-refractivity contribution in [1.29, 1.82) is 0 Å². The van der Waals surface area contributed by atoms with Gasteiger partial charge in [-0.05, 0) is 38.1 Å². The molecule has 1 heterocycles. The van der Waals surface area contributed by atoms with E-state index in [0.717, 1.165) is 6.54 Å². The predicted molar refractivity (Wildman–Crippen MR) is 76.5 cm³/mol. The minimum absolute atomic E-state index is 0.384. The van der Waals surface area contributed by atoms with Crippen molar-refractivity contribution in [3.63, 3.8) is 0 Å². The maximum atomic E-state index is 14.1. The molecule has 1 aromatic carbocycles. The van der Waals surface area contributed by atoms with Crippen molar-refractivity contribution in [3.05, 3.63) is 40.7 Å². The van der Waals surface area contributed by atoms with Crippen LogP contribution < -0.4 is 10.1 Å². The Morgan fingerprint density at radius 2 is 1.81 bits per heavy atom. The van der Waals surface area contributed by atoms with Gasteiger partial charge in [-0.1, -0.05) is 6.92 Å². The molecule has 0 bridgehead atoms. The number of hydrogen-bond acceptors (Lipinski definition) is 3. The summed E-state index contributed by atoms with van der Waals surface area (Å²) in [6, 6.07) is 2.56. The van der Waals surface area contributed by atoms with Crippen LogP contribution in [0.15, 0.2) is 12.1 Å². The molecule has 21 heavy (non-hydrogen) atoms. The van der Waals surface area contributed by atoms with Gasteiger partial charge in [0.15, 0.2) is 23.1 Å². The van der Waals surface area contributed by atoms with Gasteiger partial charge in [-0.2, -0.15) is 5.10 Å². The van der Waals surface area contributed by atoms with Gasteiger partial charge in [-0.3, -0.25) is 4.68 Å². The number of aromatic nitrogens is 2. The van der Waals surface area contributed by atoms with Crippen LogP contribution in [-0.2, 0) is 13.6 Å². The molecule has 1 N–H and O–H groups in total. The first-order chi connectivity index (χ1) is 9.93. The first kappa shape index (κ1) is 15.4. The van der Waals surface area contributed by atoms with E-state index < -0.39 is 17.4 Å². The van der Waals surface area contributed by atoms with Crippen molar-refractivity contribution in [2.24, 2.45) is 7.05 Å². The van der Waals surface area contributed by atoms with Gasteiger partial charge in [0.2, 0.25) is 0 Å². The quantitative estimate of drug-likeness (QED) is 0.920. The number of aryl methyl sites for hydroxylation is 2. The number of rotatable bonds is 5. The van der Waals surface area contributed by atoms with Crippen LogP contribution in [-0.4, -0.2) is 16.3 Å². The molecule has 2 rings (SSSR count). The van der Waals surface area contributed by atoms with Gasteiger partial charge in [0.25, 0.3) is 0 Å². The molecule has 0 fully saturated rings. The molecule has 0 atom stereocenters. The zero-order valence-corrected chi connectivity index (χ0v) is 12.6. The maximum absolute atomic E-state index is 14.1. The molecule has 2 aromatic rings. The molecule has 6 heteroatoms. The van der Waals surface area contributed by atoms with E-state index in [1.54, 1.807) is 25.6 Å². The summed E-state index contributed by atoms with van der Waals surface area (Å²) in [5.41, 5.74) is 1.84. The minimum atomic E-state index is -0.717. The fraction of sp³-hybridized carbons (Fsp3) is 0.400. The Morgan fingerprint density at radius 3 is 2.29 bits per heavy atom. The highest BCUT2D eigenvalue weighted by molar-refractivity contribution is 5.39.